The Labute approximate surface area is 164 Å². The fourth-order valence-electron chi connectivity index (χ4n) is 4.84. The lowest BCUT2D eigenvalue weighted by atomic mass is 9.71. The van der Waals surface area contributed by atoms with Crippen LogP contribution in [0.15, 0.2) is 24.3 Å². The number of likely N-dealkylation sites (tertiary alicyclic amines) is 1. The van der Waals surface area contributed by atoms with Gasteiger partial charge in [-0.25, -0.2) is 0 Å². The molecule has 5 rings (SSSR count). The van der Waals surface area contributed by atoms with E-state index in [4.69, 9.17) is 16.3 Å². The fourth-order valence-corrected chi connectivity index (χ4v) is 4.97. The molecular formula is C21H25ClN2O3. The Balaban J connectivity index is 1.29. The second-order valence-corrected chi connectivity index (χ2v) is 9.17. The highest BCUT2D eigenvalue weighted by atomic mass is 35.5. The second kappa shape index (κ2) is 6.49. The molecular weight excluding hydrogens is 364 g/mol. The van der Waals surface area contributed by atoms with Gasteiger partial charge in [0.05, 0.1) is 11.5 Å². The highest BCUT2D eigenvalue weighted by Gasteiger charge is 2.54. The Hall–Kier alpha value is -1.59. The van der Waals surface area contributed by atoms with Gasteiger partial charge in [-0.2, -0.15) is 0 Å². The normalized spacial score (nSPS) is 30.9. The van der Waals surface area contributed by atoms with Gasteiger partial charge in [0, 0.05) is 42.6 Å². The number of carbonyl (C=O) groups is 2. The number of benzene rings is 1. The van der Waals surface area contributed by atoms with E-state index in [0.29, 0.717) is 36.6 Å². The van der Waals surface area contributed by atoms with Crippen molar-refractivity contribution in [2.45, 2.75) is 44.2 Å². The molecule has 0 unspecified atom stereocenters. The molecule has 2 aliphatic carbocycles. The number of amides is 2. The maximum absolute atomic E-state index is 13.2. The van der Waals surface area contributed by atoms with Crippen LogP contribution in [0.1, 0.15) is 31.2 Å². The summed E-state index contributed by atoms with van der Waals surface area (Å²) >= 11 is 6.00. The first-order valence-electron chi connectivity index (χ1n) is 10.00. The summed E-state index contributed by atoms with van der Waals surface area (Å²) in [5.41, 5.74) is 0.562. The minimum Gasteiger partial charge on any atom is -0.378 e. The van der Waals surface area contributed by atoms with E-state index < -0.39 is 5.41 Å². The number of ether oxygens (including phenoxy) is 1. The molecule has 27 heavy (non-hydrogen) atoms. The molecule has 2 heterocycles. The molecule has 6 heteroatoms. The lowest BCUT2D eigenvalue weighted by Gasteiger charge is -2.51. The third-order valence-corrected chi connectivity index (χ3v) is 6.99. The van der Waals surface area contributed by atoms with Crippen molar-refractivity contribution in [2.24, 2.45) is 17.3 Å². The van der Waals surface area contributed by atoms with Crippen LogP contribution in [-0.4, -0.2) is 48.6 Å². The zero-order chi connectivity index (χ0) is 18.6. The average molecular weight is 389 g/mol. The van der Waals surface area contributed by atoms with Crippen molar-refractivity contribution in [1.82, 2.24) is 10.2 Å². The van der Waals surface area contributed by atoms with Crippen LogP contribution in [-0.2, 0) is 20.7 Å². The summed E-state index contributed by atoms with van der Waals surface area (Å²) in [7, 11) is 0. The molecule has 2 saturated heterocycles. The predicted molar refractivity (Wildman–Crippen MR) is 101 cm³/mol. The van der Waals surface area contributed by atoms with Crippen molar-refractivity contribution < 1.29 is 14.3 Å². The van der Waals surface area contributed by atoms with Gasteiger partial charge in [0.2, 0.25) is 11.8 Å². The standard InChI is InChI=1S/C21H25ClN2O3/c22-15-5-1-13(2-6-15)10-21(11-24(12-21)19(25)14-3-4-14)20(26)23-17-9-18-16(17)7-8-27-18/h1-2,5-6,14,16-18H,3-4,7-12H2,(H,23,26)/t16-,17+,18+/m0/s1. The van der Waals surface area contributed by atoms with Gasteiger partial charge in [-0.05, 0) is 49.8 Å². The van der Waals surface area contributed by atoms with Crippen molar-refractivity contribution in [3.63, 3.8) is 0 Å². The van der Waals surface area contributed by atoms with Gasteiger partial charge in [0.15, 0.2) is 0 Å². The van der Waals surface area contributed by atoms with Crippen molar-refractivity contribution >= 4 is 23.4 Å². The van der Waals surface area contributed by atoms with Crippen molar-refractivity contribution in [2.75, 3.05) is 19.7 Å². The van der Waals surface area contributed by atoms with E-state index in [9.17, 15) is 9.59 Å². The van der Waals surface area contributed by atoms with E-state index in [1.54, 1.807) is 0 Å². The molecule has 0 radical (unpaired) electrons. The van der Waals surface area contributed by atoms with Gasteiger partial charge < -0.3 is 15.0 Å². The van der Waals surface area contributed by atoms with Crippen LogP contribution >= 0.6 is 11.6 Å². The summed E-state index contributed by atoms with van der Waals surface area (Å²) in [5.74, 6) is 0.977. The SMILES string of the molecule is O=C(C1CC1)N1CC(Cc2ccc(Cl)cc2)(C(=O)N[C@@H]2C[C@H]3OCC[C@@H]23)C1. The molecule has 144 valence electrons. The predicted octanol–water partition coefficient (Wildman–Crippen LogP) is 2.41. The number of hydrogen-bond acceptors (Lipinski definition) is 3. The van der Waals surface area contributed by atoms with Gasteiger partial charge in [0.25, 0.3) is 0 Å². The van der Waals surface area contributed by atoms with E-state index in [1.165, 1.54) is 0 Å². The number of rotatable bonds is 5. The maximum Gasteiger partial charge on any atom is 0.230 e. The molecule has 2 saturated carbocycles. The zero-order valence-corrected chi connectivity index (χ0v) is 16.1. The number of nitrogens with zero attached hydrogens (tertiary/aromatic N) is 1. The van der Waals surface area contributed by atoms with Gasteiger partial charge in [-0.15, -0.1) is 0 Å². The maximum atomic E-state index is 13.2. The van der Waals surface area contributed by atoms with Crippen LogP contribution in [0.3, 0.4) is 0 Å². The summed E-state index contributed by atoms with van der Waals surface area (Å²) in [4.78, 5) is 27.5. The van der Waals surface area contributed by atoms with E-state index in [0.717, 1.165) is 37.9 Å². The van der Waals surface area contributed by atoms with Gasteiger partial charge in [-0.3, -0.25) is 9.59 Å². The van der Waals surface area contributed by atoms with Crippen molar-refractivity contribution in [3.8, 4) is 0 Å². The second-order valence-electron chi connectivity index (χ2n) is 8.73. The van der Waals surface area contributed by atoms with E-state index >= 15 is 0 Å². The third-order valence-electron chi connectivity index (χ3n) is 6.74. The number of halogens is 1. The number of fused-ring (bicyclic) bond motifs is 1. The van der Waals surface area contributed by atoms with Crippen LogP contribution < -0.4 is 5.32 Å². The topological polar surface area (TPSA) is 58.6 Å². The number of nitrogens with one attached hydrogen (secondary N) is 1. The molecule has 4 aliphatic rings. The van der Waals surface area contributed by atoms with Crippen LogP contribution in [0.25, 0.3) is 0 Å². The molecule has 3 atom stereocenters. The van der Waals surface area contributed by atoms with Crippen molar-refractivity contribution in [3.05, 3.63) is 34.9 Å². The summed E-state index contributed by atoms with van der Waals surface area (Å²) in [6, 6.07) is 7.90. The summed E-state index contributed by atoms with van der Waals surface area (Å²) in [5, 5.41) is 3.98. The van der Waals surface area contributed by atoms with E-state index in [1.807, 2.05) is 29.2 Å². The Morgan fingerprint density at radius 1 is 1.19 bits per heavy atom. The molecule has 2 aliphatic heterocycles. The first-order valence-corrected chi connectivity index (χ1v) is 10.4. The minimum absolute atomic E-state index is 0.0904. The Morgan fingerprint density at radius 3 is 2.59 bits per heavy atom. The van der Waals surface area contributed by atoms with Gasteiger partial charge in [-0.1, -0.05) is 23.7 Å². The lowest BCUT2D eigenvalue weighted by molar-refractivity contribution is -0.156. The number of hydrogen-bond donors (Lipinski definition) is 1. The molecule has 4 fully saturated rings. The highest BCUT2D eigenvalue weighted by Crippen LogP contribution is 2.42. The average Bonchev–Trinajstić information content (AvgIpc) is 3.39. The van der Waals surface area contributed by atoms with E-state index in [-0.39, 0.29) is 23.8 Å². The molecule has 1 aromatic rings. The first-order chi connectivity index (χ1) is 13.0. The Morgan fingerprint density at radius 2 is 1.93 bits per heavy atom. The van der Waals surface area contributed by atoms with Crippen LogP contribution in [0.4, 0.5) is 0 Å². The third kappa shape index (κ3) is 3.15. The lowest BCUT2D eigenvalue weighted by Crippen LogP contribution is -2.68. The highest BCUT2D eigenvalue weighted by molar-refractivity contribution is 6.30. The van der Waals surface area contributed by atoms with Crippen LogP contribution in [0.2, 0.25) is 5.02 Å². The molecule has 0 spiro atoms. The zero-order valence-electron chi connectivity index (χ0n) is 15.3. The van der Waals surface area contributed by atoms with Crippen LogP contribution in [0.5, 0.6) is 0 Å². The quantitative estimate of drug-likeness (QED) is 0.842. The monoisotopic (exact) mass is 388 g/mol. The molecule has 0 aromatic heterocycles. The molecule has 5 nitrogen and oxygen atoms in total. The Kier molecular flexibility index (Phi) is 4.21. The molecule has 1 N–H and O–H groups in total. The minimum atomic E-state index is -0.525. The molecule has 0 bridgehead atoms. The first kappa shape index (κ1) is 17.5. The fraction of sp³-hybridized carbons (Fsp3) is 0.619. The summed E-state index contributed by atoms with van der Waals surface area (Å²) < 4.78 is 5.66. The van der Waals surface area contributed by atoms with Crippen molar-refractivity contribution in [1.29, 1.82) is 0 Å². The van der Waals surface area contributed by atoms with Gasteiger partial charge >= 0.3 is 0 Å². The smallest absolute Gasteiger partial charge is 0.230 e. The van der Waals surface area contributed by atoms with Gasteiger partial charge in [0.1, 0.15) is 0 Å². The largest absolute Gasteiger partial charge is 0.378 e. The number of carbonyl (C=O) groups excluding carboxylic acids is 2. The molecule has 1 aromatic carbocycles. The molecule has 2 amide bonds. The van der Waals surface area contributed by atoms with E-state index in [2.05, 4.69) is 5.32 Å². The Bertz CT molecular complexity index is 755. The van der Waals surface area contributed by atoms with Crippen LogP contribution in [0, 0.1) is 17.3 Å². The summed E-state index contributed by atoms with van der Waals surface area (Å²) in [6.45, 7) is 1.85. The summed E-state index contributed by atoms with van der Waals surface area (Å²) in [6.07, 6.45) is 4.91.